The van der Waals surface area contributed by atoms with Gasteiger partial charge in [-0.15, -0.1) is 0 Å². The van der Waals surface area contributed by atoms with Crippen molar-refractivity contribution in [3.8, 4) is 6.07 Å². The second-order valence-electron chi connectivity index (χ2n) is 2.63. The van der Waals surface area contributed by atoms with E-state index in [4.69, 9.17) is 10.4 Å². The van der Waals surface area contributed by atoms with Crippen LogP contribution in [0, 0.1) is 23.2 Å². The van der Waals surface area contributed by atoms with Gasteiger partial charge in [0.25, 0.3) is 0 Å². The van der Waals surface area contributed by atoms with Gasteiger partial charge in [-0.05, 0) is 6.42 Å². The van der Waals surface area contributed by atoms with Gasteiger partial charge in [-0.25, -0.2) is 0 Å². The molecule has 0 fully saturated rings. The molecule has 0 aromatic rings. The van der Waals surface area contributed by atoms with E-state index in [1.165, 1.54) is 0 Å². The van der Waals surface area contributed by atoms with Gasteiger partial charge in [0.05, 0.1) is 12.0 Å². The average Bonchev–Trinajstić information content (AvgIpc) is 2.36. The number of carboxylic acids is 1. The van der Waals surface area contributed by atoms with E-state index in [9.17, 15) is 4.79 Å². The fourth-order valence-corrected chi connectivity index (χ4v) is 1.31. The zero-order chi connectivity index (χ0) is 8.27. The van der Waals surface area contributed by atoms with Crippen LogP contribution in [-0.2, 0) is 4.79 Å². The van der Waals surface area contributed by atoms with Crippen LogP contribution in [0.15, 0.2) is 12.2 Å². The van der Waals surface area contributed by atoms with E-state index in [0.717, 1.165) is 0 Å². The molecule has 0 saturated heterocycles. The zero-order valence-electron chi connectivity index (χ0n) is 6.03. The van der Waals surface area contributed by atoms with Crippen LogP contribution in [0.25, 0.3) is 0 Å². The molecule has 2 atom stereocenters. The number of rotatable bonds is 2. The molecule has 0 spiro atoms. The molecule has 1 aliphatic rings. The molecule has 0 aromatic carbocycles. The van der Waals surface area contributed by atoms with Gasteiger partial charge in [0.1, 0.15) is 0 Å². The maximum absolute atomic E-state index is 10.5. The third-order valence-corrected chi connectivity index (χ3v) is 1.93. The largest absolute Gasteiger partial charge is 0.481 e. The highest BCUT2D eigenvalue weighted by Gasteiger charge is 2.28. The Morgan fingerprint density at radius 1 is 1.82 bits per heavy atom. The van der Waals surface area contributed by atoms with Crippen LogP contribution in [0.1, 0.15) is 12.8 Å². The van der Waals surface area contributed by atoms with Crippen molar-refractivity contribution in [2.24, 2.45) is 11.8 Å². The van der Waals surface area contributed by atoms with Gasteiger partial charge in [-0.1, -0.05) is 12.2 Å². The van der Waals surface area contributed by atoms with E-state index >= 15 is 0 Å². The fraction of sp³-hybridized carbons (Fsp3) is 0.500. The Kier molecular flexibility index (Phi) is 2.27. The van der Waals surface area contributed by atoms with E-state index in [1.807, 2.05) is 18.2 Å². The first-order valence-electron chi connectivity index (χ1n) is 3.52. The SMILES string of the molecule is N#CCC1C=CCC1C(=O)O. The molecule has 1 rings (SSSR count). The Morgan fingerprint density at radius 3 is 3.09 bits per heavy atom. The molecule has 0 saturated carbocycles. The van der Waals surface area contributed by atoms with Crippen LogP contribution in [0.2, 0.25) is 0 Å². The van der Waals surface area contributed by atoms with Crippen molar-refractivity contribution < 1.29 is 9.90 Å². The summed E-state index contributed by atoms with van der Waals surface area (Å²) in [7, 11) is 0. The minimum absolute atomic E-state index is 0.0718. The van der Waals surface area contributed by atoms with Crippen molar-refractivity contribution in [3.05, 3.63) is 12.2 Å². The maximum Gasteiger partial charge on any atom is 0.307 e. The minimum atomic E-state index is -0.796. The molecule has 0 aliphatic heterocycles. The molecule has 0 bridgehead atoms. The summed E-state index contributed by atoms with van der Waals surface area (Å²) in [6.07, 6.45) is 4.54. The lowest BCUT2D eigenvalue weighted by atomic mass is 9.93. The summed E-state index contributed by atoms with van der Waals surface area (Å²) >= 11 is 0. The molecule has 1 aliphatic carbocycles. The van der Waals surface area contributed by atoms with Gasteiger partial charge >= 0.3 is 5.97 Å². The van der Waals surface area contributed by atoms with Gasteiger partial charge in [0, 0.05) is 12.3 Å². The monoisotopic (exact) mass is 151 g/mol. The van der Waals surface area contributed by atoms with E-state index in [-0.39, 0.29) is 11.8 Å². The van der Waals surface area contributed by atoms with Crippen LogP contribution in [0.4, 0.5) is 0 Å². The third-order valence-electron chi connectivity index (χ3n) is 1.93. The molecule has 58 valence electrons. The number of carboxylic acid groups (broad SMARTS) is 1. The van der Waals surface area contributed by atoms with Gasteiger partial charge in [-0.3, -0.25) is 4.79 Å². The molecule has 1 N–H and O–H groups in total. The van der Waals surface area contributed by atoms with Crippen molar-refractivity contribution in [1.82, 2.24) is 0 Å². The molecule has 2 unspecified atom stereocenters. The van der Waals surface area contributed by atoms with Crippen molar-refractivity contribution in [2.75, 3.05) is 0 Å². The summed E-state index contributed by atoms with van der Waals surface area (Å²) in [5.74, 6) is -1.23. The van der Waals surface area contributed by atoms with Gasteiger partial charge in [0.2, 0.25) is 0 Å². The lowest BCUT2D eigenvalue weighted by Gasteiger charge is -2.10. The summed E-state index contributed by atoms with van der Waals surface area (Å²) in [6, 6.07) is 1.98. The van der Waals surface area contributed by atoms with Gasteiger partial charge < -0.3 is 5.11 Å². The highest BCUT2D eigenvalue weighted by molar-refractivity contribution is 5.71. The Hall–Kier alpha value is -1.30. The summed E-state index contributed by atoms with van der Waals surface area (Å²) in [6.45, 7) is 0. The van der Waals surface area contributed by atoms with Crippen LogP contribution < -0.4 is 0 Å². The quantitative estimate of drug-likeness (QED) is 0.603. The van der Waals surface area contributed by atoms with Crippen LogP contribution in [0.3, 0.4) is 0 Å². The molecule has 0 heterocycles. The highest BCUT2D eigenvalue weighted by Crippen LogP contribution is 2.27. The normalized spacial score (nSPS) is 28.3. The number of allylic oxidation sites excluding steroid dienone is 2. The molecule has 0 amide bonds. The van der Waals surface area contributed by atoms with Crippen molar-refractivity contribution in [3.63, 3.8) is 0 Å². The molecular formula is C8H9NO2. The second kappa shape index (κ2) is 3.20. The van der Waals surface area contributed by atoms with Gasteiger partial charge in [-0.2, -0.15) is 5.26 Å². The summed E-state index contributed by atoms with van der Waals surface area (Å²) < 4.78 is 0. The first kappa shape index (κ1) is 7.80. The van der Waals surface area contributed by atoms with Crippen LogP contribution >= 0.6 is 0 Å². The van der Waals surface area contributed by atoms with Crippen molar-refractivity contribution in [2.45, 2.75) is 12.8 Å². The van der Waals surface area contributed by atoms with Gasteiger partial charge in [0.15, 0.2) is 0 Å². The van der Waals surface area contributed by atoms with Crippen molar-refractivity contribution >= 4 is 5.97 Å². The number of nitrogens with zero attached hydrogens (tertiary/aromatic N) is 1. The Bertz CT molecular complexity index is 227. The summed E-state index contributed by atoms with van der Waals surface area (Å²) in [5.41, 5.74) is 0. The number of carbonyl (C=O) groups is 1. The summed E-state index contributed by atoms with van der Waals surface area (Å²) in [4.78, 5) is 10.5. The van der Waals surface area contributed by atoms with Crippen LogP contribution in [0.5, 0.6) is 0 Å². The highest BCUT2D eigenvalue weighted by atomic mass is 16.4. The van der Waals surface area contributed by atoms with E-state index in [1.54, 1.807) is 0 Å². The Labute approximate surface area is 64.9 Å². The number of aliphatic carboxylic acids is 1. The van der Waals surface area contributed by atoms with Crippen molar-refractivity contribution in [1.29, 1.82) is 5.26 Å². The maximum atomic E-state index is 10.5. The molecular weight excluding hydrogens is 142 g/mol. The Balaban J connectivity index is 2.57. The number of nitriles is 1. The minimum Gasteiger partial charge on any atom is -0.481 e. The molecule has 3 heteroatoms. The topological polar surface area (TPSA) is 61.1 Å². The predicted octanol–water partition coefficient (Wildman–Crippen LogP) is 1.18. The van der Waals surface area contributed by atoms with E-state index < -0.39 is 5.97 Å². The standard InChI is InChI=1S/C8H9NO2/c9-5-4-6-2-1-3-7(6)8(10)11/h1-2,6-7H,3-4H2,(H,10,11). The number of hydrogen-bond acceptors (Lipinski definition) is 2. The number of hydrogen-bond donors (Lipinski definition) is 1. The Morgan fingerprint density at radius 2 is 2.55 bits per heavy atom. The smallest absolute Gasteiger partial charge is 0.307 e. The average molecular weight is 151 g/mol. The first-order chi connectivity index (χ1) is 5.25. The lowest BCUT2D eigenvalue weighted by molar-refractivity contribution is -0.142. The van der Waals surface area contributed by atoms with Crippen LogP contribution in [-0.4, -0.2) is 11.1 Å². The molecule has 11 heavy (non-hydrogen) atoms. The molecule has 0 radical (unpaired) electrons. The zero-order valence-corrected chi connectivity index (χ0v) is 6.03. The molecule has 0 aromatic heterocycles. The second-order valence-corrected chi connectivity index (χ2v) is 2.63. The van der Waals surface area contributed by atoms with E-state index in [2.05, 4.69) is 0 Å². The molecule has 3 nitrogen and oxygen atoms in total. The fourth-order valence-electron chi connectivity index (χ4n) is 1.31. The third kappa shape index (κ3) is 1.58. The lowest BCUT2D eigenvalue weighted by Crippen LogP contribution is -2.18. The summed E-state index contributed by atoms with van der Waals surface area (Å²) in [5, 5.41) is 17.0. The van der Waals surface area contributed by atoms with E-state index in [0.29, 0.717) is 12.8 Å². The predicted molar refractivity (Wildman–Crippen MR) is 38.6 cm³/mol. The first-order valence-corrected chi connectivity index (χ1v) is 3.52.